The number of para-hydroxylation sites is 2. The van der Waals surface area contributed by atoms with Crippen LogP contribution in [0.2, 0.25) is 0 Å². The predicted octanol–water partition coefficient (Wildman–Crippen LogP) is 4.41. The minimum atomic E-state index is 0.692. The summed E-state index contributed by atoms with van der Waals surface area (Å²) in [7, 11) is 0. The number of thioether (sulfide) groups is 1. The molecule has 20 heavy (non-hydrogen) atoms. The highest BCUT2D eigenvalue weighted by atomic mass is 32.2. The first-order chi connectivity index (χ1) is 9.93. The van der Waals surface area contributed by atoms with Crippen LogP contribution in [0.15, 0.2) is 71.8 Å². The van der Waals surface area contributed by atoms with E-state index in [1.54, 1.807) is 11.8 Å². The van der Waals surface area contributed by atoms with Gasteiger partial charge in [0.15, 0.2) is 0 Å². The van der Waals surface area contributed by atoms with E-state index in [0.717, 1.165) is 17.0 Å². The average Bonchev–Trinajstić information content (AvgIpc) is 2.53. The van der Waals surface area contributed by atoms with Crippen LogP contribution in [0.4, 0.5) is 0 Å². The van der Waals surface area contributed by atoms with Crippen LogP contribution in [0, 0.1) is 0 Å². The number of pyridine rings is 1. The molecule has 0 saturated heterocycles. The van der Waals surface area contributed by atoms with Gasteiger partial charge in [0, 0.05) is 22.2 Å². The van der Waals surface area contributed by atoms with Crippen molar-refractivity contribution in [1.29, 1.82) is 0 Å². The van der Waals surface area contributed by atoms with Gasteiger partial charge in [-0.15, -0.1) is 11.8 Å². The Kier molecular flexibility index (Phi) is 4.19. The number of rotatable bonds is 5. The summed E-state index contributed by atoms with van der Waals surface area (Å²) in [4.78, 5) is 5.66. The second kappa shape index (κ2) is 6.44. The summed E-state index contributed by atoms with van der Waals surface area (Å²) in [5, 5.41) is 1.18. The van der Waals surface area contributed by atoms with Gasteiger partial charge in [-0.1, -0.05) is 36.4 Å². The molecule has 0 atom stereocenters. The van der Waals surface area contributed by atoms with Crippen molar-refractivity contribution in [3.05, 3.63) is 66.9 Å². The van der Waals surface area contributed by atoms with Gasteiger partial charge in [-0.25, -0.2) is 0 Å². The summed E-state index contributed by atoms with van der Waals surface area (Å²) in [6.45, 7) is 0.692. The van der Waals surface area contributed by atoms with E-state index in [0.29, 0.717) is 6.61 Å². The molecule has 0 aliphatic heterocycles. The van der Waals surface area contributed by atoms with Gasteiger partial charge in [0.25, 0.3) is 0 Å². The van der Waals surface area contributed by atoms with E-state index >= 15 is 0 Å². The van der Waals surface area contributed by atoms with Crippen LogP contribution in [0.5, 0.6) is 5.75 Å². The van der Waals surface area contributed by atoms with Crippen molar-refractivity contribution in [1.82, 2.24) is 4.98 Å². The summed E-state index contributed by atoms with van der Waals surface area (Å²) in [6.07, 6.45) is 1.84. The Balaban J connectivity index is 1.60. The van der Waals surface area contributed by atoms with E-state index in [2.05, 4.69) is 29.2 Å². The van der Waals surface area contributed by atoms with Crippen LogP contribution in [0.1, 0.15) is 0 Å². The highest BCUT2D eigenvalue weighted by molar-refractivity contribution is 7.99. The lowest BCUT2D eigenvalue weighted by Crippen LogP contribution is -1.99. The molecule has 0 spiro atoms. The van der Waals surface area contributed by atoms with E-state index in [9.17, 15) is 0 Å². The van der Waals surface area contributed by atoms with E-state index in [1.165, 1.54) is 10.3 Å². The third-order valence-electron chi connectivity index (χ3n) is 2.95. The van der Waals surface area contributed by atoms with Crippen molar-refractivity contribution in [3.8, 4) is 5.75 Å². The molecule has 3 aromatic rings. The standard InChI is InChI=1S/C17H15NOS/c1-2-8-15(9-3-1)19-12-13-20-16-10-4-6-14-7-5-11-18-17(14)16/h1-11H,12-13H2. The number of fused-ring (bicyclic) bond motifs is 1. The zero-order valence-corrected chi connectivity index (χ0v) is 11.8. The van der Waals surface area contributed by atoms with Crippen LogP contribution in [-0.2, 0) is 0 Å². The summed E-state index contributed by atoms with van der Waals surface area (Å²) >= 11 is 1.78. The first-order valence-electron chi connectivity index (χ1n) is 6.58. The highest BCUT2D eigenvalue weighted by Gasteiger charge is 2.02. The minimum Gasteiger partial charge on any atom is -0.493 e. The molecule has 0 N–H and O–H groups in total. The van der Waals surface area contributed by atoms with Gasteiger partial charge < -0.3 is 4.74 Å². The van der Waals surface area contributed by atoms with Crippen LogP contribution in [0.25, 0.3) is 10.9 Å². The van der Waals surface area contributed by atoms with Crippen molar-refractivity contribution >= 4 is 22.7 Å². The lowest BCUT2D eigenvalue weighted by Gasteiger charge is -2.07. The molecule has 0 aliphatic carbocycles. The molecule has 2 aromatic carbocycles. The number of nitrogens with zero attached hydrogens (tertiary/aromatic N) is 1. The quantitative estimate of drug-likeness (QED) is 0.511. The molecule has 0 saturated carbocycles. The van der Waals surface area contributed by atoms with Gasteiger partial charge in [0.05, 0.1) is 12.1 Å². The Bertz CT molecular complexity index is 679. The molecule has 1 heterocycles. The molecular formula is C17H15NOS. The van der Waals surface area contributed by atoms with Crippen molar-refractivity contribution in [2.45, 2.75) is 4.90 Å². The predicted molar refractivity (Wildman–Crippen MR) is 84.4 cm³/mol. The van der Waals surface area contributed by atoms with E-state index in [-0.39, 0.29) is 0 Å². The first-order valence-corrected chi connectivity index (χ1v) is 7.56. The molecule has 0 aliphatic rings. The highest BCUT2D eigenvalue weighted by Crippen LogP contribution is 2.25. The third-order valence-corrected chi connectivity index (χ3v) is 3.96. The smallest absolute Gasteiger partial charge is 0.119 e. The first kappa shape index (κ1) is 13.0. The third kappa shape index (κ3) is 3.11. The fraction of sp³-hybridized carbons (Fsp3) is 0.118. The van der Waals surface area contributed by atoms with Gasteiger partial charge in [-0.05, 0) is 24.3 Å². The normalized spacial score (nSPS) is 10.6. The lowest BCUT2D eigenvalue weighted by atomic mass is 10.2. The Morgan fingerprint density at radius 3 is 2.65 bits per heavy atom. The van der Waals surface area contributed by atoms with E-state index in [1.807, 2.05) is 42.6 Å². The Hall–Kier alpha value is -2.00. The van der Waals surface area contributed by atoms with Crippen LogP contribution in [-0.4, -0.2) is 17.3 Å². The SMILES string of the molecule is c1ccc(OCCSc2cccc3cccnc23)cc1. The van der Waals surface area contributed by atoms with Gasteiger partial charge >= 0.3 is 0 Å². The minimum absolute atomic E-state index is 0.692. The molecule has 0 unspecified atom stereocenters. The number of hydrogen-bond donors (Lipinski definition) is 0. The fourth-order valence-electron chi connectivity index (χ4n) is 2.02. The molecule has 0 bridgehead atoms. The van der Waals surface area contributed by atoms with Crippen LogP contribution < -0.4 is 4.74 Å². The Morgan fingerprint density at radius 1 is 0.900 bits per heavy atom. The molecule has 0 radical (unpaired) electrons. The zero-order chi connectivity index (χ0) is 13.6. The van der Waals surface area contributed by atoms with Gasteiger partial charge in [-0.3, -0.25) is 4.98 Å². The van der Waals surface area contributed by atoms with Crippen molar-refractivity contribution in [3.63, 3.8) is 0 Å². The Morgan fingerprint density at radius 2 is 1.75 bits per heavy atom. The van der Waals surface area contributed by atoms with Crippen LogP contribution in [0.3, 0.4) is 0 Å². The van der Waals surface area contributed by atoms with Crippen molar-refractivity contribution < 1.29 is 4.74 Å². The van der Waals surface area contributed by atoms with E-state index in [4.69, 9.17) is 4.74 Å². The molecule has 0 fully saturated rings. The number of benzene rings is 2. The molecule has 0 amide bonds. The summed E-state index contributed by atoms with van der Waals surface area (Å²) in [6, 6.07) is 20.2. The van der Waals surface area contributed by atoms with Crippen molar-refractivity contribution in [2.75, 3.05) is 12.4 Å². The zero-order valence-electron chi connectivity index (χ0n) is 11.0. The maximum Gasteiger partial charge on any atom is 0.119 e. The second-order valence-electron chi connectivity index (χ2n) is 4.34. The molecular weight excluding hydrogens is 266 g/mol. The summed E-state index contributed by atoms with van der Waals surface area (Å²) in [5.74, 6) is 1.83. The van der Waals surface area contributed by atoms with Gasteiger partial charge in [-0.2, -0.15) is 0 Å². The largest absolute Gasteiger partial charge is 0.493 e. The topological polar surface area (TPSA) is 22.1 Å². The molecule has 1 aromatic heterocycles. The average molecular weight is 281 g/mol. The maximum atomic E-state index is 5.70. The second-order valence-corrected chi connectivity index (χ2v) is 5.48. The van der Waals surface area contributed by atoms with Crippen molar-refractivity contribution in [2.24, 2.45) is 0 Å². The Labute approximate surface area is 122 Å². The fourth-order valence-corrected chi connectivity index (χ4v) is 2.89. The number of ether oxygens (including phenoxy) is 1. The van der Waals surface area contributed by atoms with Gasteiger partial charge in [0.2, 0.25) is 0 Å². The van der Waals surface area contributed by atoms with E-state index < -0.39 is 0 Å². The van der Waals surface area contributed by atoms with Gasteiger partial charge in [0.1, 0.15) is 5.75 Å². The summed E-state index contributed by atoms with van der Waals surface area (Å²) in [5.41, 5.74) is 1.07. The molecule has 2 nitrogen and oxygen atoms in total. The lowest BCUT2D eigenvalue weighted by molar-refractivity contribution is 0.344. The monoisotopic (exact) mass is 281 g/mol. The maximum absolute atomic E-state index is 5.70. The van der Waals surface area contributed by atoms with Crippen LogP contribution >= 0.6 is 11.8 Å². The molecule has 3 rings (SSSR count). The number of aromatic nitrogens is 1. The molecule has 100 valence electrons. The molecule has 3 heteroatoms. The number of hydrogen-bond acceptors (Lipinski definition) is 3. The summed E-state index contributed by atoms with van der Waals surface area (Å²) < 4.78 is 5.70.